The number of piperidine rings is 1. The Labute approximate surface area is 141 Å². The lowest BCUT2D eigenvalue weighted by atomic mass is 9.92. The van der Waals surface area contributed by atoms with E-state index in [4.69, 9.17) is 4.42 Å². The van der Waals surface area contributed by atoms with E-state index >= 15 is 0 Å². The van der Waals surface area contributed by atoms with Crippen molar-refractivity contribution in [3.8, 4) is 0 Å². The second-order valence-corrected chi connectivity index (χ2v) is 6.20. The number of para-hydroxylation sites is 1. The third-order valence-corrected chi connectivity index (χ3v) is 4.51. The van der Waals surface area contributed by atoms with Gasteiger partial charge in [0.2, 0.25) is 5.91 Å². The van der Waals surface area contributed by atoms with E-state index in [1.54, 1.807) is 6.07 Å². The van der Waals surface area contributed by atoms with E-state index in [-0.39, 0.29) is 11.8 Å². The summed E-state index contributed by atoms with van der Waals surface area (Å²) in [5.74, 6) is 0.585. The molecular weight excluding hydrogens is 304 g/mol. The van der Waals surface area contributed by atoms with Gasteiger partial charge in [-0.1, -0.05) is 18.2 Å². The Morgan fingerprint density at radius 2 is 1.88 bits per heavy atom. The predicted molar refractivity (Wildman–Crippen MR) is 91.6 cm³/mol. The molecule has 5 heteroatoms. The van der Waals surface area contributed by atoms with Gasteiger partial charge in [0, 0.05) is 25.2 Å². The SMILES string of the molecule is O=C(CCC1CCN(C(=O)c2ccoc2)CC1)Nc1ccccc1. The number of amides is 2. The van der Waals surface area contributed by atoms with Crippen molar-refractivity contribution in [3.63, 3.8) is 0 Å². The average Bonchev–Trinajstić information content (AvgIpc) is 3.15. The van der Waals surface area contributed by atoms with Gasteiger partial charge in [-0.3, -0.25) is 9.59 Å². The third-order valence-electron chi connectivity index (χ3n) is 4.51. The summed E-state index contributed by atoms with van der Waals surface area (Å²) < 4.78 is 4.97. The smallest absolute Gasteiger partial charge is 0.257 e. The minimum absolute atomic E-state index is 0.0315. The molecule has 1 aromatic heterocycles. The molecule has 1 saturated heterocycles. The molecule has 126 valence electrons. The average molecular weight is 326 g/mol. The first-order chi connectivity index (χ1) is 11.7. The Morgan fingerprint density at radius 1 is 1.12 bits per heavy atom. The lowest BCUT2D eigenvalue weighted by Gasteiger charge is -2.31. The van der Waals surface area contributed by atoms with E-state index < -0.39 is 0 Å². The van der Waals surface area contributed by atoms with Gasteiger partial charge >= 0.3 is 0 Å². The number of hydrogen-bond acceptors (Lipinski definition) is 3. The zero-order valence-corrected chi connectivity index (χ0v) is 13.6. The van der Waals surface area contributed by atoms with E-state index in [9.17, 15) is 9.59 Å². The van der Waals surface area contributed by atoms with Crippen LogP contribution in [0.5, 0.6) is 0 Å². The van der Waals surface area contributed by atoms with E-state index in [1.165, 1.54) is 12.5 Å². The van der Waals surface area contributed by atoms with Gasteiger partial charge in [0.1, 0.15) is 6.26 Å². The molecule has 0 unspecified atom stereocenters. The van der Waals surface area contributed by atoms with Crippen molar-refractivity contribution in [1.82, 2.24) is 4.90 Å². The summed E-state index contributed by atoms with van der Waals surface area (Å²) in [5.41, 5.74) is 1.44. The minimum Gasteiger partial charge on any atom is -0.472 e. The van der Waals surface area contributed by atoms with Crippen molar-refractivity contribution in [3.05, 3.63) is 54.5 Å². The summed E-state index contributed by atoms with van der Waals surface area (Å²) in [6.07, 6.45) is 6.29. The highest BCUT2D eigenvalue weighted by Crippen LogP contribution is 2.23. The second kappa shape index (κ2) is 7.81. The van der Waals surface area contributed by atoms with Crippen LogP contribution < -0.4 is 5.32 Å². The molecule has 3 rings (SSSR count). The van der Waals surface area contributed by atoms with Gasteiger partial charge < -0.3 is 14.6 Å². The fourth-order valence-corrected chi connectivity index (χ4v) is 3.07. The molecule has 1 N–H and O–H groups in total. The molecule has 5 nitrogen and oxygen atoms in total. The predicted octanol–water partition coefficient (Wildman–Crippen LogP) is 3.55. The van der Waals surface area contributed by atoms with Gasteiger partial charge in [0.15, 0.2) is 0 Å². The van der Waals surface area contributed by atoms with Crippen molar-refractivity contribution in [2.75, 3.05) is 18.4 Å². The molecule has 0 bridgehead atoms. The van der Waals surface area contributed by atoms with Crippen molar-refractivity contribution in [1.29, 1.82) is 0 Å². The van der Waals surface area contributed by atoms with E-state index in [2.05, 4.69) is 5.32 Å². The maximum atomic E-state index is 12.2. The van der Waals surface area contributed by atoms with Crippen LogP contribution in [-0.4, -0.2) is 29.8 Å². The number of anilines is 1. The molecular formula is C19H22N2O3. The van der Waals surface area contributed by atoms with Crippen molar-refractivity contribution >= 4 is 17.5 Å². The number of benzene rings is 1. The summed E-state index contributed by atoms with van der Waals surface area (Å²) in [7, 11) is 0. The van der Waals surface area contributed by atoms with E-state index in [0.29, 0.717) is 17.9 Å². The molecule has 2 amide bonds. The number of hydrogen-bond donors (Lipinski definition) is 1. The number of nitrogens with one attached hydrogen (secondary N) is 1. The summed E-state index contributed by atoms with van der Waals surface area (Å²) in [4.78, 5) is 26.1. The summed E-state index contributed by atoms with van der Waals surface area (Å²) in [6, 6.07) is 11.2. The Morgan fingerprint density at radius 3 is 2.54 bits per heavy atom. The Kier molecular flexibility index (Phi) is 5.31. The van der Waals surface area contributed by atoms with Gasteiger partial charge in [-0.25, -0.2) is 0 Å². The minimum atomic E-state index is 0.0315. The van der Waals surface area contributed by atoms with Crippen LogP contribution in [0.15, 0.2) is 53.3 Å². The topological polar surface area (TPSA) is 62.6 Å². The van der Waals surface area contributed by atoms with Crippen LogP contribution in [0.2, 0.25) is 0 Å². The zero-order chi connectivity index (χ0) is 16.8. The number of nitrogens with zero attached hydrogens (tertiary/aromatic N) is 1. The molecule has 0 saturated carbocycles. The summed E-state index contributed by atoms with van der Waals surface area (Å²) >= 11 is 0. The highest BCUT2D eigenvalue weighted by Gasteiger charge is 2.24. The van der Waals surface area contributed by atoms with Crippen molar-refractivity contribution in [2.24, 2.45) is 5.92 Å². The molecule has 0 radical (unpaired) electrons. The van der Waals surface area contributed by atoms with E-state index in [0.717, 1.165) is 38.0 Å². The maximum Gasteiger partial charge on any atom is 0.257 e. The number of furan rings is 1. The van der Waals surface area contributed by atoms with Crippen LogP contribution in [0.1, 0.15) is 36.0 Å². The van der Waals surface area contributed by atoms with Crippen LogP contribution in [0.25, 0.3) is 0 Å². The van der Waals surface area contributed by atoms with E-state index in [1.807, 2.05) is 35.2 Å². The number of likely N-dealkylation sites (tertiary alicyclic amines) is 1. The monoisotopic (exact) mass is 326 g/mol. The molecule has 1 aliphatic heterocycles. The van der Waals surface area contributed by atoms with Crippen molar-refractivity contribution < 1.29 is 14.0 Å². The first kappa shape index (κ1) is 16.3. The van der Waals surface area contributed by atoms with Crippen LogP contribution in [0.4, 0.5) is 5.69 Å². The molecule has 0 atom stereocenters. The van der Waals surface area contributed by atoms with Gasteiger partial charge in [0.25, 0.3) is 5.91 Å². The van der Waals surface area contributed by atoms with Gasteiger partial charge in [-0.2, -0.15) is 0 Å². The number of carbonyl (C=O) groups is 2. The third kappa shape index (κ3) is 4.25. The molecule has 2 heterocycles. The van der Waals surface area contributed by atoms with Gasteiger partial charge in [-0.05, 0) is 43.4 Å². The van der Waals surface area contributed by atoms with Crippen LogP contribution in [-0.2, 0) is 4.79 Å². The van der Waals surface area contributed by atoms with Crippen LogP contribution in [0.3, 0.4) is 0 Å². The standard InChI is InChI=1S/C19H22N2O3/c22-18(20-17-4-2-1-3-5-17)7-6-15-8-11-21(12-9-15)19(23)16-10-13-24-14-16/h1-5,10,13-15H,6-9,11-12H2,(H,20,22). The molecule has 0 aliphatic carbocycles. The highest BCUT2D eigenvalue weighted by molar-refractivity contribution is 5.93. The fourth-order valence-electron chi connectivity index (χ4n) is 3.07. The van der Waals surface area contributed by atoms with Gasteiger partial charge in [0.05, 0.1) is 11.8 Å². The fraction of sp³-hybridized carbons (Fsp3) is 0.368. The zero-order valence-electron chi connectivity index (χ0n) is 13.6. The quantitative estimate of drug-likeness (QED) is 0.914. The molecule has 1 aromatic carbocycles. The van der Waals surface area contributed by atoms with Crippen LogP contribution in [0, 0.1) is 5.92 Å². The highest BCUT2D eigenvalue weighted by atomic mass is 16.3. The first-order valence-corrected chi connectivity index (χ1v) is 8.39. The molecule has 24 heavy (non-hydrogen) atoms. The Bertz CT molecular complexity index is 659. The Hall–Kier alpha value is -2.56. The molecule has 1 aliphatic rings. The van der Waals surface area contributed by atoms with Crippen molar-refractivity contribution in [2.45, 2.75) is 25.7 Å². The second-order valence-electron chi connectivity index (χ2n) is 6.20. The van der Waals surface area contributed by atoms with Crippen LogP contribution >= 0.6 is 0 Å². The number of rotatable bonds is 5. The summed E-state index contributed by atoms with van der Waals surface area (Å²) in [5, 5.41) is 2.91. The largest absolute Gasteiger partial charge is 0.472 e. The normalized spacial score (nSPS) is 15.2. The first-order valence-electron chi connectivity index (χ1n) is 8.39. The lowest BCUT2D eigenvalue weighted by molar-refractivity contribution is -0.116. The maximum absolute atomic E-state index is 12.2. The molecule has 0 spiro atoms. The van der Waals surface area contributed by atoms with Gasteiger partial charge in [-0.15, -0.1) is 0 Å². The summed E-state index contributed by atoms with van der Waals surface area (Å²) in [6.45, 7) is 1.49. The Balaban J connectivity index is 1.39. The molecule has 2 aromatic rings. The molecule has 1 fully saturated rings. The lowest BCUT2D eigenvalue weighted by Crippen LogP contribution is -2.38. The number of carbonyl (C=O) groups excluding carboxylic acids is 2.